The lowest BCUT2D eigenvalue weighted by atomic mass is 10.2. The van der Waals surface area contributed by atoms with Gasteiger partial charge in [-0.2, -0.15) is 5.10 Å². The van der Waals surface area contributed by atoms with E-state index >= 15 is 0 Å². The summed E-state index contributed by atoms with van der Waals surface area (Å²) >= 11 is 5.11. The summed E-state index contributed by atoms with van der Waals surface area (Å²) in [5, 5.41) is 6.98. The fourth-order valence-corrected chi connectivity index (χ4v) is 3.86. The largest absolute Gasteiger partial charge is 0.493 e. The zero-order valence-electron chi connectivity index (χ0n) is 13.7. The second-order valence-electron chi connectivity index (χ2n) is 5.72. The number of hydrogen-bond acceptors (Lipinski definition) is 6. The van der Waals surface area contributed by atoms with Crippen LogP contribution in [-0.2, 0) is 0 Å². The van der Waals surface area contributed by atoms with Crippen molar-refractivity contribution in [3.8, 4) is 11.5 Å². The minimum atomic E-state index is 0.282. The first-order valence-corrected chi connectivity index (χ1v) is 9.58. The summed E-state index contributed by atoms with van der Waals surface area (Å²) < 4.78 is 12.5. The average Bonchev–Trinajstić information content (AvgIpc) is 3.21. The molecule has 0 saturated heterocycles. The fourth-order valence-electron chi connectivity index (χ4n) is 2.67. The first-order chi connectivity index (χ1) is 11.7. The first kappa shape index (κ1) is 17.2. The van der Waals surface area contributed by atoms with Crippen LogP contribution in [0.3, 0.4) is 0 Å². The monoisotopic (exact) mass is 409 g/mol. The molecule has 1 N–H and O–H groups in total. The Hall–Kier alpha value is -1.60. The predicted molar refractivity (Wildman–Crippen MR) is 102 cm³/mol. The van der Waals surface area contributed by atoms with Gasteiger partial charge in [0.2, 0.25) is 5.13 Å². The van der Waals surface area contributed by atoms with Crippen LogP contribution in [-0.4, -0.2) is 24.4 Å². The van der Waals surface area contributed by atoms with Crippen molar-refractivity contribution in [3.05, 3.63) is 33.2 Å². The van der Waals surface area contributed by atoms with Crippen LogP contribution in [0, 0.1) is 6.92 Å². The molecule has 0 aliphatic heterocycles. The number of hydrazone groups is 1. The first-order valence-electron chi connectivity index (χ1n) is 7.91. The van der Waals surface area contributed by atoms with Gasteiger partial charge in [0, 0.05) is 5.38 Å². The van der Waals surface area contributed by atoms with Crippen LogP contribution >= 0.6 is 27.3 Å². The van der Waals surface area contributed by atoms with Crippen molar-refractivity contribution in [1.29, 1.82) is 0 Å². The predicted octanol–water partition coefficient (Wildman–Crippen LogP) is 4.99. The third-order valence-corrected chi connectivity index (χ3v) is 5.29. The molecule has 1 aromatic carbocycles. The van der Waals surface area contributed by atoms with Crippen LogP contribution in [0.25, 0.3) is 0 Å². The van der Waals surface area contributed by atoms with Crippen molar-refractivity contribution in [2.75, 3.05) is 12.5 Å². The molecule has 0 unspecified atom stereocenters. The Morgan fingerprint density at radius 2 is 2.17 bits per heavy atom. The van der Waals surface area contributed by atoms with Gasteiger partial charge in [-0.1, -0.05) is 0 Å². The normalized spacial score (nSPS) is 15.1. The zero-order valence-corrected chi connectivity index (χ0v) is 16.1. The van der Waals surface area contributed by atoms with E-state index in [4.69, 9.17) is 9.47 Å². The molecule has 5 nitrogen and oxygen atoms in total. The molecule has 1 aliphatic rings. The van der Waals surface area contributed by atoms with Gasteiger partial charge in [-0.15, -0.1) is 11.3 Å². The summed E-state index contributed by atoms with van der Waals surface area (Å²) in [4.78, 5) is 4.30. The Balaban J connectivity index is 1.73. The number of nitrogens with one attached hydrogen (secondary N) is 1. The molecule has 0 radical (unpaired) electrons. The molecule has 0 atom stereocenters. The van der Waals surface area contributed by atoms with E-state index in [0.29, 0.717) is 5.75 Å². The number of ether oxygens (including phenoxy) is 2. The van der Waals surface area contributed by atoms with Crippen molar-refractivity contribution in [2.45, 2.75) is 38.7 Å². The highest BCUT2D eigenvalue weighted by Crippen LogP contribution is 2.38. The molecule has 7 heteroatoms. The lowest BCUT2D eigenvalue weighted by Gasteiger charge is -2.17. The van der Waals surface area contributed by atoms with Gasteiger partial charge in [-0.05, 0) is 66.2 Å². The Labute approximate surface area is 154 Å². The molecule has 1 aromatic heterocycles. The Morgan fingerprint density at radius 1 is 1.38 bits per heavy atom. The van der Waals surface area contributed by atoms with Crippen LogP contribution in [0.4, 0.5) is 5.13 Å². The SMILES string of the molecule is COc1cc(C=NNc2nc(C)cs2)cc(Br)c1OC1CCCC1. The molecule has 3 rings (SSSR count). The number of nitrogens with zero attached hydrogens (tertiary/aromatic N) is 2. The molecule has 1 saturated carbocycles. The summed E-state index contributed by atoms with van der Waals surface area (Å²) in [6.45, 7) is 1.95. The number of halogens is 1. The van der Waals surface area contributed by atoms with Gasteiger partial charge in [-0.3, -0.25) is 5.43 Å². The summed E-state index contributed by atoms with van der Waals surface area (Å²) in [7, 11) is 1.65. The maximum atomic E-state index is 6.12. The van der Waals surface area contributed by atoms with Crippen molar-refractivity contribution < 1.29 is 9.47 Å². The molecular formula is C17H20BrN3O2S. The molecule has 1 aliphatic carbocycles. The van der Waals surface area contributed by atoms with Crippen LogP contribution < -0.4 is 14.9 Å². The second kappa shape index (κ2) is 7.98. The number of rotatable bonds is 6. The Bertz CT molecular complexity index is 727. The highest BCUT2D eigenvalue weighted by atomic mass is 79.9. The fraction of sp³-hybridized carbons (Fsp3) is 0.412. The molecule has 0 amide bonds. The van der Waals surface area contributed by atoms with E-state index in [2.05, 4.69) is 31.4 Å². The summed E-state index contributed by atoms with van der Waals surface area (Å²) in [5.41, 5.74) is 4.83. The van der Waals surface area contributed by atoms with E-state index in [1.54, 1.807) is 13.3 Å². The molecule has 0 spiro atoms. The molecule has 1 heterocycles. The highest BCUT2D eigenvalue weighted by molar-refractivity contribution is 9.10. The van der Waals surface area contributed by atoms with Crippen molar-refractivity contribution in [2.24, 2.45) is 5.10 Å². The van der Waals surface area contributed by atoms with Gasteiger partial charge >= 0.3 is 0 Å². The smallest absolute Gasteiger partial charge is 0.203 e. The molecule has 0 bridgehead atoms. The number of thiazole rings is 1. The molecule has 1 fully saturated rings. The number of aryl methyl sites for hydroxylation is 1. The van der Waals surface area contributed by atoms with E-state index < -0.39 is 0 Å². The van der Waals surface area contributed by atoms with Gasteiger partial charge in [0.25, 0.3) is 0 Å². The minimum absolute atomic E-state index is 0.282. The number of aromatic nitrogens is 1. The van der Waals surface area contributed by atoms with Gasteiger partial charge in [-0.25, -0.2) is 4.98 Å². The van der Waals surface area contributed by atoms with Gasteiger partial charge in [0.1, 0.15) is 0 Å². The van der Waals surface area contributed by atoms with E-state index in [9.17, 15) is 0 Å². The molecule has 2 aromatic rings. The standard InChI is InChI=1S/C17H20BrN3O2S/c1-11-10-24-17(20-11)21-19-9-12-7-14(18)16(15(8-12)22-2)23-13-5-3-4-6-13/h7-10,13H,3-6H2,1-2H3,(H,20,21). The summed E-state index contributed by atoms with van der Waals surface area (Å²) in [6.07, 6.45) is 6.70. The second-order valence-corrected chi connectivity index (χ2v) is 7.43. The van der Waals surface area contributed by atoms with Gasteiger partial charge in [0.05, 0.1) is 29.6 Å². The van der Waals surface area contributed by atoms with E-state index in [-0.39, 0.29) is 6.10 Å². The summed E-state index contributed by atoms with van der Waals surface area (Å²) in [5.74, 6) is 1.48. The number of methoxy groups -OCH3 is 1. The van der Waals surface area contributed by atoms with Crippen molar-refractivity contribution in [3.63, 3.8) is 0 Å². The van der Waals surface area contributed by atoms with E-state index in [0.717, 1.165) is 39.5 Å². The van der Waals surface area contributed by atoms with E-state index in [1.165, 1.54) is 24.2 Å². The highest BCUT2D eigenvalue weighted by Gasteiger charge is 2.20. The average molecular weight is 410 g/mol. The van der Waals surface area contributed by atoms with Crippen LogP contribution in [0.2, 0.25) is 0 Å². The van der Waals surface area contributed by atoms with Crippen molar-refractivity contribution in [1.82, 2.24) is 4.98 Å². The number of benzene rings is 1. The third kappa shape index (κ3) is 4.27. The van der Waals surface area contributed by atoms with Crippen LogP contribution in [0.15, 0.2) is 27.1 Å². The maximum Gasteiger partial charge on any atom is 0.203 e. The number of hydrogen-bond donors (Lipinski definition) is 1. The van der Waals surface area contributed by atoms with E-state index in [1.807, 2.05) is 24.4 Å². The molecular weight excluding hydrogens is 390 g/mol. The molecule has 128 valence electrons. The quantitative estimate of drug-likeness (QED) is 0.539. The van der Waals surface area contributed by atoms with Gasteiger partial charge in [0.15, 0.2) is 11.5 Å². The maximum absolute atomic E-state index is 6.12. The minimum Gasteiger partial charge on any atom is -0.493 e. The molecule has 24 heavy (non-hydrogen) atoms. The Kier molecular flexibility index (Phi) is 5.73. The van der Waals surface area contributed by atoms with Crippen LogP contribution in [0.5, 0.6) is 11.5 Å². The number of anilines is 1. The lowest BCUT2D eigenvalue weighted by Crippen LogP contribution is -2.12. The topological polar surface area (TPSA) is 55.7 Å². The third-order valence-electron chi connectivity index (χ3n) is 3.83. The Morgan fingerprint density at radius 3 is 2.83 bits per heavy atom. The lowest BCUT2D eigenvalue weighted by molar-refractivity contribution is 0.199. The summed E-state index contributed by atoms with van der Waals surface area (Å²) in [6, 6.07) is 3.90. The zero-order chi connectivity index (χ0) is 16.9. The van der Waals surface area contributed by atoms with Crippen LogP contribution in [0.1, 0.15) is 36.9 Å². The van der Waals surface area contributed by atoms with Crippen molar-refractivity contribution >= 4 is 38.6 Å². The van der Waals surface area contributed by atoms with Gasteiger partial charge < -0.3 is 9.47 Å².